The molecule has 7 heteroatoms. The van der Waals surface area contributed by atoms with Crippen LogP contribution in [0.1, 0.15) is 23.2 Å². The van der Waals surface area contributed by atoms with Crippen molar-refractivity contribution in [2.75, 3.05) is 26.2 Å². The van der Waals surface area contributed by atoms with Gasteiger partial charge in [-0.1, -0.05) is 6.07 Å². The van der Waals surface area contributed by atoms with Crippen molar-refractivity contribution in [1.82, 2.24) is 9.80 Å². The molecule has 0 spiro atoms. The van der Waals surface area contributed by atoms with E-state index in [-0.39, 0.29) is 30.0 Å². The maximum atomic E-state index is 12.3. The molecule has 1 aliphatic carbocycles. The van der Waals surface area contributed by atoms with Gasteiger partial charge in [0.2, 0.25) is 5.91 Å². The van der Waals surface area contributed by atoms with Crippen molar-refractivity contribution in [2.24, 2.45) is 5.73 Å². The second-order valence-electron chi connectivity index (χ2n) is 5.79. The lowest BCUT2D eigenvalue weighted by atomic mass is 10.1. The molecule has 0 unspecified atom stereocenters. The molecule has 0 aromatic heterocycles. The molecule has 3 rings (SSSR count). The Morgan fingerprint density at radius 1 is 1.09 bits per heavy atom. The summed E-state index contributed by atoms with van der Waals surface area (Å²) in [4.78, 5) is 27.9. The molecule has 2 amide bonds. The third-order valence-electron chi connectivity index (χ3n) is 4.16. The predicted molar refractivity (Wildman–Crippen MR) is 84.0 cm³/mol. The van der Waals surface area contributed by atoms with Gasteiger partial charge in [0, 0.05) is 31.7 Å². The minimum absolute atomic E-state index is 0. The number of halogens is 1. The van der Waals surface area contributed by atoms with E-state index in [1.54, 1.807) is 21.9 Å². The Kier molecular flexibility index (Phi) is 4.63. The minimum atomic E-state index is -0.641. The number of rotatable bonds is 2. The minimum Gasteiger partial charge on any atom is -0.508 e. The van der Waals surface area contributed by atoms with Crippen molar-refractivity contribution < 1.29 is 14.7 Å². The smallest absolute Gasteiger partial charge is 0.254 e. The van der Waals surface area contributed by atoms with Crippen LogP contribution in [0.25, 0.3) is 0 Å². The lowest BCUT2D eigenvalue weighted by Gasteiger charge is -2.36. The zero-order chi connectivity index (χ0) is 15.0. The summed E-state index contributed by atoms with van der Waals surface area (Å²) in [6.07, 6.45) is 1.52. The standard InChI is InChI=1S/C15H19N3O3.ClH/c16-15(4-5-15)14(21)18-8-6-17(7-9-18)13(20)11-2-1-3-12(19)10-11;/h1-3,10,19H,4-9,16H2;1H. The van der Waals surface area contributed by atoms with E-state index in [1.165, 1.54) is 12.1 Å². The van der Waals surface area contributed by atoms with Crippen molar-refractivity contribution in [2.45, 2.75) is 18.4 Å². The normalized spacial score (nSPS) is 19.3. The average molecular weight is 326 g/mol. The van der Waals surface area contributed by atoms with Crippen molar-refractivity contribution >= 4 is 24.2 Å². The number of hydrogen-bond donors (Lipinski definition) is 2. The number of phenols is 1. The summed E-state index contributed by atoms with van der Waals surface area (Å²) >= 11 is 0. The molecule has 0 bridgehead atoms. The first-order valence-corrected chi connectivity index (χ1v) is 7.16. The summed E-state index contributed by atoms with van der Waals surface area (Å²) < 4.78 is 0. The lowest BCUT2D eigenvalue weighted by Crippen LogP contribution is -2.55. The first-order chi connectivity index (χ1) is 9.99. The second kappa shape index (κ2) is 6.14. The molecule has 2 aliphatic rings. The van der Waals surface area contributed by atoms with Crippen LogP contribution in [0.15, 0.2) is 24.3 Å². The molecule has 1 saturated heterocycles. The van der Waals surface area contributed by atoms with E-state index in [2.05, 4.69) is 0 Å². The molecule has 6 nitrogen and oxygen atoms in total. The molecular weight excluding hydrogens is 306 g/mol. The van der Waals surface area contributed by atoms with Crippen LogP contribution < -0.4 is 5.73 Å². The van der Waals surface area contributed by atoms with Crippen LogP contribution in [0.3, 0.4) is 0 Å². The van der Waals surface area contributed by atoms with Crippen LogP contribution in [0.2, 0.25) is 0 Å². The fourth-order valence-corrected chi connectivity index (χ4v) is 2.60. The number of aromatic hydroxyl groups is 1. The number of benzene rings is 1. The third-order valence-corrected chi connectivity index (χ3v) is 4.16. The molecule has 2 fully saturated rings. The number of carbonyl (C=O) groups excluding carboxylic acids is 2. The van der Waals surface area contributed by atoms with Crippen LogP contribution in [-0.2, 0) is 4.79 Å². The molecule has 3 N–H and O–H groups in total. The zero-order valence-electron chi connectivity index (χ0n) is 12.2. The van der Waals surface area contributed by atoms with Gasteiger partial charge < -0.3 is 20.6 Å². The quantitative estimate of drug-likeness (QED) is 0.833. The predicted octanol–water partition coefficient (Wildman–Crippen LogP) is 0.590. The zero-order valence-corrected chi connectivity index (χ0v) is 13.0. The number of nitrogens with zero attached hydrogens (tertiary/aromatic N) is 2. The number of phenolic OH excluding ortho intramolecular Hbond substituents is 1. The average Bonchev–Trinajstić information content (AvgIpc) is 3.25. The summed E-state index contributed by atoms with van der Waals surface area (Å²) in [5.74, 6) is -0.0349. The highest BCUT2D eigenvalue weighted by atomic mass is 35.5. The van der Waals surface area contributed by atoms with Crippen molar-refractivity contribution in [3.63, 3.8) is 0 Å². The van der Waals surface area contributed by atoms with Gasteiger partial charge in [0.1, 0.15) is 5.75 Å². The van der Waals surface area contributed by atoms with Crippen LogP contribution in [0.5, 0.6) is 5.75 Å². The molecule has 0 atom stereocenters. The summed E-state index contributed by atoms with van der Waals surface area (Å²) in [6.45, 7) is 2.03. The van der Waals surface area contributed by atoms with Gasteiger partial charge in [-0.2, -0.15) is 0 Å². The van der Waals surface area contributed by atoms with Gasteiger partial charge in [-0.15, -0.1) is 12.4 Å². The van der Waals surface area contributed by atoms with Crippen molar-refractivity contribution in [3.8, 4) is 5.75 Å². The number of nitrogens with two attached hydrogens (primary N) is 1. The summed E-state index contributed by atoms with van der Waals surface area (Å²) in [7, 11) is 0. The number of carbonyl (C=O) groups is 2. The van der Waals surface area contributed by atoms with Crippen molar-refractivity contribution in [1.29, 1.82) is 0 Å². The number of piperazine rings is 1. The Morgan fingerprint density at radius 2 is 1.68 bits per heavy atom. The highest BCUT2D eigenvalue weighted by molar-refractivity contribution is 5.95. The van der Waals surface area contributed by atoms with E-state index in [4.69, 9.17) is 5.73 Å². The lowest BCUT2D eigenvalue weighted by molar-refractivity contribution is -0.135. The van der Waals surface area contributed by atoms with Crippen LogP contribution >= 0.6 is 12.4 Å². The van der Waals surface area contributed by atoms with Gasteiger partial charge >= 0.3 is 0 Å². The molecule has 1 aliphatic heterocycles. The molecule has 1 aromatic carbocycles. The Labute approximate surface area is 135 Å². The highest BCUT2D eigenvalue weighted by Crippen LogP contribution is 2.34. The highest BCUT2D eigenvalue weighted by Gasteiger charge is 2.48. The maximum absolute atomic E-state index is 12.3. The van der Waals surface area contributed by atoms with Crippen LogP contribution in [0.4, 0.5) is 0 Å². The van der Waals surface area contributed by atoms with Gasteiger partial charge in [0.15, 0.2) is 0 Å². The first-order valence-electron chi connectivity index (χ1n) is 7.16. The molecular formula is C15H20ClN3O3. The Hall–Kier alpha value is -1.79. The Bertz CT molecular complexity index is 581. The Morgan fingerprint density at radius 3 is 2.23 bits per heavy atom. The van der Waals surface area contributed by atoms with Gasteiger partial charge in [0.05, 0.1) is 5.54 Å². The topological polar surface area (TPSA) is 86.9 Å². The molecule has 1 aromatic rings. The number of amides is 2. The van der Waals surface area contributed by atoms with Gasteiger partial charge in [0.25, 0.3) is 5.91 Å². The largest absolute Gasteiger partial charge is 0.508 e. The van der Waals surface area contributed by atoms with E-state index in [0.29, 0.717) is 31.7 Å². The van der Waals surface area contributed by atoms with E-state index >= 15 is 0 Å². The third kappa shape index (κ3) is 3.18. The van der Waals surface area contributed by atoms with Gasteiger partial charge in [-0.3, -0.25) is 9.59 Å². The second-order valence-corrected chi connectivity index (χ2v) is 5.79. The molecule has 120 valence electrons. The molecule has 22 heavy (non-hydrogen) atoms. The monoisotopic (exact) mass is 325 g/mol. The fourth-order valence-electron chi connectivity index (χ4n) is 2.60. The van der Waals surface area contributed by atoms with E-state index in [1.807, 2.05) is 0 Å². The maximum Gasteiger partial charge on any atom is 0.254 e. The SMILES string of the molecule is Cl.NC1(C(=O)N2CCN(C(=O)c3cccc(O)c3)CC2)CC1. The van der Waals surface area contributed by atoms with Crippen LogP contribution in [0, 0.1) is 0 Å². The summed E-state index contributed by atoms with van der Waals surface area (Å²) in [5.41, 5.74) is 5.75. The van der Waals surface area contributed by atoms with E-state index in [9.17, 15) is 14.7 Å². The first kappa shape index (κ1) is 16.6. The summed E-state index contributed by atoms with van der Waals surface area (Å²) in [5, 5.41) is 9.43. The number of hydrogen-bond acceptors (Lipinski definition) is 4. The van der Waals surface area contributed by atoms with Crippen molar-refractivity contribution in [3.05, 3.63) is 29.8 Å². The van der Waals surface area contributed by atoms with Gasteiger partial charge in [-0.05, 0) is 31.0 Å². The fraction of sp³-hybridized carbons (Fsp3) is 0.467. The molecule has 1 saturated carbocycles. The van der Waals surface area contributed by atoms with E-state index in [0.717, 1.165) is 12.8 Å². The summed E-state index contributed by atoms with van der Waals surface area (Å²) in [6, 6.07) is 6.31. The van der Waals surface area contributed by atoms with Crippen LogP contribution in [-0.4, -0.2) is 58.4 Å². The Balaban J connectivity index is 0.00000176. The molecule has 0 radical (unpaired) electrons. The molecule has 1 heterocycles. The van der Waals surface area contributed by atoms with E-state index < -0.39 is 5.54 Å². The van der Waals surface area contributed by atoms with Gasteiger partial charge in [-0.25, -0.2) is 0 Å².